The maximum absolute atomic E-state index is 6.08. The monoisotopic (exact) mass is 352 g/mol. The van der Waals surface area contributed by atoms with Crippen molar-refractivity contribution < 1.29 is 4.74 Å². The maximum Gasteiger partial charge on any atom is 0.223 e. The van der Waals surface area contributed by atoms with E-state index in [2.05, 4.69) is 25.0 Å². The minimum Gasteiger partial charge on any atom is -0.494 e. The zero-order valence-corrected chi connectivity index (χ0v) is 14.5. The normalized spacial score (nSPS) is 14.7. The van der Waals surface area contributed by atoms with E-state index in [1.807, 2.05) is 24.3 Å². The van der Waals surface area contributed by atoms with Crippen molar-refractivity contribution in [3.8, 4) is 5.75 Å². The maximum atomic E-state index is 6.08. The zero-order chi connectivity index (χ0) is 18.1. The van der Waals surface area contributed by atoms with Crippen molar-refractivity contribution in [3.05, 3.63) is 36.3 Å². The second-order valence-electron chi connectivity index (χ2n) is 5.93. The number of aromatic nitrogens is 4. The van der Waals surface area contributed by atoms with Crippen LogP contribution in [0.25, 0.3) is 16.6 Å². The Kier molecular flexibility index (Phi) is 4.04. The van der Waals surface area contributed by atoms with Crippen LogP contribution in [0.2, 0.25) is 0 Å². The van der Waals surface area contributed by atoms with E-state index in [-0.39, 0.29) is 5.95 Å². The van der Waals surface area contributed by atoms with Crippen molar-refractivity contribution in [2.75, 3.05) is 32.5 Å². The number of fused-ring (bicyclic) bond motifs is 3. The molecule has 3 aromatic rings. The van der Waals surface area contributed by atoms with Gasteiger partial charge >= 0.3 is 0 Å². The minimum atomic E-state index is 0.283. The Hall–Kier alpha value is -3.36. The lowest BCUT2D eigenvalue weighted by Crippen LogP contribution is -2.29. The fourth-order valence-corrected chi connectivity index (χ4v) is 3.14. The second-order valence-corrected chi connectivity index (χ2v) is 5.93. The van der Waals surface area contributed by atoms with Crippen molar-refractivity contribution in [1.82, 2.24) is 24.5 Å². The molecular weight excluding hydrogens is 332 g/mol. The average molecular weight is 352 g/mol. The van der Waals surface area contributed by atoms with Gasteiger partial charge in [-0.2, -0.15) is 4.52 Å². The van der Waals surface area contributed by atoms with Gasteiger partial charge in [0.05, 0.1) is 13.7 Å². The SMILES string of the molecule is COc1cccc2c1nc(N)n1nc(CCN3CCN=C3C=CN)nc21. The van der Waals surface area contributed by atoms with Crippen LogP contribution in [-0.4, -0.2) is 57.1 Å². The molecule has 3 heterocycles. The predicted octanol–water partition coefficient (Wildman–Crippen LogP) is 0.597. The van der Waals surface area contributed by atoms with Crippen molar-refractivity contribution in [2.24, 2.45) is 10.7 Å². The molecule has 9 nitrogen and oxygen atoms in total. The lowest BCUT2D eigenvalue weighted by molar-refractivity contribution is 0.419. The van der Waals surface area contributed by atoms with Crippen LogP contribution in [0.1, 0.15) is 5.82 Å². The van der Waals surface area contributed by atoms with Crippen LogP contribution in [0.5, 0.6) is 5.75 Å². The number of rotatable bonds is 5. The Bertz CT molecular complexity index is 1020. The van der Waals surface area contributed by atoms with E-state index in [1.54, 1.807) is 11.6 Å². The third-order valence-electron chi connectivity index (χ3n) is 4.37. The molecule has 9 heteroatoms. The zero-order valence-electron chi connectivity index (χ0n) is 14.5. The lowest BCUT2D eigenvalue weighted by Gasteiger charge is -2.16. The number of para-hydroxylation sites is 1. The summed E-state index contributed by atoms with van der Waals surface area (Å²) >= 11 is 0. The third-order valence-corrected chi connectivity index (χ3v) is 4.37. The predicted molar refractivity (Wildman–Crippen MR) is 100 cm³/mol. The summed E-state index contributed by atoms with van der Waals surface area (Å²) in [7, 11) is 1.61. The number of methoxy groups -OCH3 is 1. The fraction of sp³-hybridized carbons (Fsp3) is 0.294. The largest absolute Gasteiger partial charge is 0.494 e. The lowest BCUT2D eigenvalue weighted by atomic mass is 10.2. The molecule has 1 aliphatic rings. The van der Waals surface area contributed by atoms with Crippen LogP contribution in [0.3, 0.4) is 0 Å². The molecule has 0 spiro atoms. The summed E-state index contributed by atoms with van der Waals surface area (Å²) in [5, 5.41) is 5.37. The van der Waals surface area contributed by atoms with E-state index < -0.39 is 0 Å². The van der Waals surface area contributed by atoms with Crippen LogP contribution >= 0.6 is 0 Å². The first-order chi connectivity index (χ1) is 12.7. The summed E-state index contributed by atoms with van der Waals surface area (Å²) in [6, 6.07) is 5.69. The number of hydrogen-bond donors (Lipinski definition) is 2. The molecular formula is C17H20N8O. The summed E-state index contributed by atoms with van der Waals surface area (Å²) in [6.45, 7) is 2.41. The smallest absolute Gasteiger partial charge is 0.223 e. The van der Waals surface area contributed by atoms with Gasteiger partial charge in [-0.3, -0.25) is 4.99 Å². The molecule has 0 amide bonds. The van der Waals surface area contributed by atoms with E-state index in [9.17, 15) is 0 Å². The van der Waals surface area contributed by atoms with E-state index in [0.717, 1.165) is 30.9 Å². The Balaban J connectivity index is 1.66. The molecule has 0 fully saturated rings. The van der Waals surface area contributed by atoms with Gasteiger partial charge in [0.1, 0.15) is 17.1 Å². The number of anilines is 1. The highest BCUT2D eigenvalue weighted by Gasteiger charge is 2.17. The van der Waals surface area contributed by atoms with Crippen LogP contribution in [0.4, 0.5) is 5.95 Å². The topological polar surface area (TPSA) is 120 Å². The van der Waals surface area contributed by atoms with Crippen molar-refractivity contribution in [1.29, 1.82) is 0 Å². The first kappa shape index (κ1) is 16.1. The van der Waals surface area contributed by atoms with E-state index in [1.165, 1.54) is 6.20 Å². The van der Waals surface area contributed by atoms with Gasteiger partial charge in [0.15, 0.2) is 11.5 Å². The number of hydrogen-bond acceptors (Lipinski definition) is 8. The number of aliphatic imine (C=N–C) groups is 1. The quantitative estimate of drug-likeness (QED) is 0.690. The number of ether oxygens (including phenoxy) is 1. The fourth-order valence-electron chi connectivity index (χ4n) is 3.14. The summed E-state index contributed by atoms with van der Waals surface area (Å²) in [5.74, 6) is 2.54. The van der Waals surface area contributed by atoms with Crippen molar-refractivity contribution >= 4 is 28.3 Å². The number of benzene rings is 1. The number of nitrogen functional groups attached to an aromatic ring is 1. The molecule has 1 aliphatic heterocycles. The highest BCUT2D eigenvalue weighted by atomic mass is 16.5. The minimum absolute atomic E-state index is 0.283. The van der Waals surface area contributed by atoms with E-state index in [4.69, 9.17) is 16.2 Å². The molecule has 0 radical (unpaired) electrons. The van der Waals surface area contributed by atoms with Crippen LogP contribution < -0.4 is 16.2 Å². The van der Waals surface area contributed by atoms with Gasteiger partial charge in [0, 0.05) is 24.9 Å². The van der Waals surface area contributed by atoms with Gasteiger partial charge in [0.2, 0.25) is 5.95 Å². The highest BCUT2D eigenvalue weighted by Crippen LogP contribution is 2.27. The van der Waals surface area contributed by atoms with E-state index in [0.29, 0.717) is 29.2 Å². The van der Waals surface area contributed by atoms with Crippen LogP contribution in [0.15, 0.2) is 35.5 Å². The highest BCUT2D eigenvalue weighted by molar-refractivity contribution is 5.96. The molecule has 0 aliphatic carbocycles. The first-order valence-electron chi connectivity index (χ1n) is 8.37. The van der Waals surface area contributed by atoms with Gasteiger partial charge in [-0.1, -0.05) is 6.07 Å². The van der Waals surface area contributed by atoms with Crippen molar-refractivity contribution in [2.45, 2.75) is 6.42 Å². The van der Waals surface area contributed by atoms with Crippen LogP contribution in [0, 0.1) is 0 Å². The summed E-state index contributed by atoms with van der Waals surface area (Å²) in [4.78, 5) is 15.7. The molecule has 0 unspecified atom stereocenters. The van der Waals surface area contributed by atoms with Gasteiger partial charge in [-0.25, -0.2) is 9.97 Å². The van der Waals surface area contributed by atoms with Gasteiger partial charge < -0.3 is 21.1 Å². The molecule has 2 aromatic heterocycles. The Morgan fingerprint density at radius 3 is 3.00 bits per heavy atom. The van der Waals surface area contributed by atoms with E-state index >= 15 is 0 Å². The summed E-state index contributed by atoms with van der Waals surface area (Å²) < 4.78 is 6.96. The van der Waals surface area contributed by atoms with Gasteiger partial charge in [-0.05, 0) is 24.4 Å². The molecule has 1 aromatic carbocycles. The molecule has 0 atom stereocenters. The van der Waals surface area contributed by atoms with Crippen molar-refractivity contribution in [3.63, 3.8) is 0 Å². The first-order valence-corrected chi connectivity index (χ1v) is 8.37. The molecule has 26 heavy (non-hydrogen) atoms. The molecule has 4 rings (SSSR count). The Morgan fingerprint density at radius 1 is 1.31 bits per heavy atom. The molecule has 134 valence electrons. The number of amidine groups is 1. The van der Waals surface area contributed by atoms with Crippen LogP contribution in [-0.2, 0) is 6.42 Å². The second kappa shape index (κ2) is 6.51. The van der Waals surface area contributed by atoms with Gasteiger partial charge in [-0.15, -0.1) is 5.10 Å². The third kappa shape index (κ3) is 2.67. The molecule has 4 N–H and O–H groups in total. The molecule has 0 saturated heterocycles. The summed E-state index contributed by atoms with van der Waals surface area (Å²) in [6.07, 6.45) is 3.99. The standard InChI is InChI=1S/C17H20N8O/c1-26-12-4-2-3-11-15(12)22-17(19)25-16(11)21-13(23-25)6-9-24-10-8-20-14(24)5-7-18/h2-5,7H,6,8-10,18H2,1H3,(H2,19,22). The number of nitrogens with zero attached hydrogens (tertiary/aromatic N) is 6. The molecule has 0 saturated carbocycles. The summed E-state index contributed by atoms with van der Waals surface area (Å²) in [5.41, 5.74) is 12.9. The van der Waals surface area contributed by atoms with Gasteiger partial charge in [0.25, 0.3) is 0 Å². The Morgan fingerprint density at radius 2 is 2.19 bits per heavy atom. The number of nitrogens with two attached hydrogens (primary N) is 2. The average Bonchev–Trinajstić information content (AvgIpc) is 3.27. The Labute approximate surface area is 150 Å². The molecule has 0 bridgehead atoms.